The fourth-order valence-electron chi connectivity index (χ4n) is 2.18. The van der Waals surface area contributed by atoms with Gasteiger partial charge >= 0.3 is 0 Å². The van der Waals surface area contributed by atoms with E-state index in [1.54, 1.807) is 7.11 Å². The molecule has 0 amide bonds. The predicted octanol–water partition coefficient (Wildman–Crippen LogP) is 2.37. The Hall–Kier alpha value is -1.65. The van der Waals surface area contributed by atoms with E-state index in [2.05, 4.69) is 34.6 Å². The summed E-state index contributed by atoms with van der Waals surface area (Å²) in [6.45, 7) is 5.56. The molecule has 0 radical (unpaired) electrons. The second-order valence-corrected chi connectivity index (χ2v) is 5.00. The maximum absolute atomic E-state index is 5.38. The molecule has 1 atom stereocenters. The number of benzene rings is 1. The third kappa shape index (κ3) is 3.22. The molecule has 0 spiro atoms. The average molecular weight is 259 g/mol. The van der Waals surface area contributed by atoms with Gasteiger partial charge in [0.2, 0.25) is 0 Å². The fraction of sp³-hybridized carbons (Fsp3) is 0.400. The quantitative estimate of drug-likeness (QED) is 0.837. The summed E-state index contributed by atoms with van der Waals surface area (Å²) in [5, 5.41) is 10.6. The molecule has 102 valence electrons. The van der Waals surface area contributed by atoms with Gasteiger partial charge in [0, 0.05) is 24.9 Å². The molecule has 0 aliphatic carbocycles. The minimum Gasteiger partial charge on any atom is -0.382 e. The highest BCUT2D eigenvalue weighted by molar-refractivity contribution is 5.24. The van der Waals surface area contributed by atoms with Crippen molar-refractivity contribution in [3.8, 4) is 0 Å². The van der Waals surface area contributed by atoms with Crippen LogP contribution < -0.4 is 5.32 Å². The molecule has 1 heterocycles. The molecular formula is C15H21N3O. The van der Waals surface area contributed by atoms with Crippen LogP contribution in [-0.2, 0) is 16.8 Å². The lowest BCUT2D eigenvalue weighted by atomic mass is 9.92. The summed E-state index contributed by atoms with van der Waals surface area (Å²) in [4.78, 5) is 0. The highest BCUT2D eigenvalue weighted by Crippen LogP contribution is 2.21. The number of aryl methyl sites for hydroxylation is 1. The number of hydrogen-bond acceptors (Lipinski definition) is 3. The number of H-pyrrole nitrogens is 1. The minimum atomic E-state index is -0.209. The molecule has 0 unspecified atom stereocenters. The molecule has 4 heteroatoms. The van der Waals surface area contributed by atoms with Gasteiger partial charge in [-0.15, -0.1) is 0 Å². The standard InChI is InChI=1S/C15H21N3O/c1-12-13(10-17-18-12)9-16-15(2,11-19-3)14-7-5-4-6-8-14/h4-8,10,16H,9,11H2,1-3H3,(H,17,18)/t15-/m1/s1. The van der Waals surface area contributed by atoms with E-state index in [0.717, 1.165) is 12.2 Å². The third-order valence-corrected chi connectivity index (χ3v) is 3.45. The Labute approximate surface area is 114 Å². The summed E-state index contributed by atoms with van der Waals surface area (Å²) in [5.74, 6) is 0. The second kappa shape index (κ2) is 5.99. The number of rotatable bonds is 6. The van der Waals surface area contributed by atoms with E-state index in [1.807, 2.05) is 31.3 Å². The zero-order chi connectivity index (χ0) is 13.7. The Balaban J connectivity index is 2.14. The van der Waals surface area contributed by atoms with Gasteiger partial charge < -0.3 is 10.1 Å². The van der Waals surface area contributed by atoms with Gasteiger partial charge in [-0.05, 0) is 19.4 Å². The van der Waals surface area contributed by atoms with Gasteiger partial charge in [-0.3, -0.25) is 5.10 Å². The van der Waals surface area contributed by atoms with E-state index in [-0.39, 0.29) is 5.54 Å². The molecule has 1 aromatic heterocycles. The van der Waals surface area contributed by atoms with Crippen LogP contribution in [0.25, 0.3) is 0 Å². The maximum Gasteiger partial charge on any atom is 0.0683 e. The summed E-state index contributed by atoms with van der Waals surface area (Å²) in [5.41, 5.74) is 3.29. The molecule has 19 heavy (non-hydrogen) atoms. The Morgan fingerprint density at radius 2 is 2.05 bits per heavy atom. The molecule has 1 aromatic carbocycles. The van der Waals surface area contributed by atoms with Gasteiger partial charge in [-0.25, -0.2) is 0 Å². The van der Waals surface area contributed by atoms with Gasteiger partial charge in [0.05, 0.1) is 18.3 Å². The monoisotopic (exact) mass is 259 g/mol. The highest BCUT2D eigenvalue weighted by Gasteiger charge is 2.26. The molecule has 0 saturated carbocycles. The van der Waals surface area contributed by atoms with Crippen LogP contribution in [0.1, 0.15) is 23.7 Å². The molecule has 2 N–H and O–H groups in total. The van der Waals surface area contributed by atoms with Gasteiger partial charge in [0.15, 0.2) is 0 Å². The van der Waals surface area contributed by atoms with Gasteiger partial charge in [0.1, 0.15) is 0 Å². The van der Waals surface area contributed by atoms with Crippen LogP contribution in [0.15, 0.2) is 36.5 Å². The van der Waals surface area contributed by atoms with Crippen molar-refractivity contribution in [2.75, 3.05) is 13.7 Å². The Kier molecular flexibility index (Phi) is 4.35. The van der Waals surface area contributed by atoms with E-state index in [1.165, 1.54) is 11.1 Å². The van der Waals surface area contributed by atoms with Gasteiger partial charge in [-0.2, -0.15) is 5.10 Å². The predicted molar refractivity (Wildman–Crippen MR) is 75.8 cm³/mol. The molecule has 0 aliphatic heterocycles. The Morgan fingerprint density at radius 1 is 1.32 bits per heavy atom. The smallest absolute Gasteiger partial charge is 0.0683 e. The molecule has 0 fully saturated rings. The molecule has 0 bridgehead atoms. The van der Waals surface area contributed by atoms with Crippen LogP contribution in [0.2, 0.25) is 0 Å². The van der Waals surface area contributed by atoms with Crippen LogP contribution in [-0.4, -0.2) is 23.9 Å². The third-order valence-electron chi connectivity index (χ3n) is 3.45. The number of aromatic nitrogens is 2. The normalized spacial score (nSPS) is 14.3. The molecular weight excluding hydrogens is 238 g/mol. The number of methoxy groups -OCH3 is 1. The van der Waals surface area contributed by atoms with E-state index in [9.17, 15) is 0 Å². The maximum atomic E-state index is 5.38. The molecule has 0 saturated heterocycles. The number of nitrogens with one attached hydrogen (secondary N) is 2. The van der Waals surface area contributed by atoms with E-state index < -0.39 is 0 Å². The first-order valence-electron chi connectivity index (χ1n) is 6.44. The SMILES string of the molecule is COC[C@@](C)(NCc1cn[nH]c1C)c1ccccc1. The van der Waals surface area contributed by atoms with Crippen molar-refractivity contribution in [1.82, 2.24) is 15.5 Å². The number of nitrogens with zero attached hydrogens (tertiary/aromatic N) is 1. The lowest BCUT2D eigenvalue weighted by Crippen LogP contribution is -2.43. The van der Waals surface area contributed by atoms with Gasteiger partial charge in [0.25, 0.3) is 0 Å². The Morgan fingerprint density at radius 3 is 2.63 bits per heavy atom. The summed E-state index contributed by atoms with van der Waals surface area (Å²) < 4.78 is 5.38. The van der Waals surface area contributed by atoms with Crippen molar-refractivity contribution in [2.24, 2.45) is 0 Å². The van der Waals surface area contributed by atoms with Crippen LogP contribution in [0.4, 0.5) is 0 Å². The highest BCUT2D eigenvalue weighted by atomic mass is 16.5. The zero-order valence-electron chi connectivity index (χ0n) is 11.7. The molecule has 0 aliphatic rings. The second-order valence-electron chi connectivity index (χ2n) is 5.00. The summed E-state index contributed by atoms with van der Waals surface area (Å²) in [6.07, 6.45) is 1.86. The summed E-state index contributed by atoms with van der Waals surface area (Å²) >= 11 is 0. The topological polar surface area (TPSA) is 49.9 Å². The minimum absolute atomic E-state index is 0.209. The van der Waals surface area contributed by atoms with E-state index in [4.69, 9.17) is 4.74 Å². The lowest BCUT2D eigenvalue weighted by Gasteiger charge is -2.31. The molecule has 2 aromatic rings. The first kappa shape index (κ1) is 13.8. The van der Waals surface area contributed by atoms with Crippen molar-refractivity contribution in [3.05, 3.63) is 53.3 Å². The van der Waals surface area contributed by atoms with Crippen LogP contribution in [0.5, 0.6) is 0 Å². The molecule has 4 nitrogen and oxygen atoms in total. The first-order chi connectivity index (χ1) is 9.15. The average Bonchev–Trinajstić information content (AvgIpc) is 2.83. The van der Waals surface area contributed by atoms with Crippen molar-refractivity contribution in [1.29, 1.82) is 0 Å². The van der Waals surface area contributed by atoms with Crippen LogP contribution >= 0.6 is 0 Å². The van der Waals surface area contributed by atoms with Gasteiger partial charge in [-0.1, -0.05) is 30.3 Å². The summed E-state index contributed by atoms with van der Waals surface area (Å²) in [6, 6.07) is 10.4. The first-order valence-corrected chi connectivity index (χ1v) is 6.44. The van der Waals surface area contributed by atoms with Crippen LogP contribution in [0, 0.1) is 6.92 Å². The number of ether oxygens (including phenoxy) is 1. The zero-order valence-corrected chi connectivity index (χ0v) is 11.7. The van der Waals surface area contributed by atoms with E-state index in [0.29, 0.717) is 6.61 Å². The van der Waals surface area contributed by atoms with Crippen molar-refractivity contribution in [2.45, 2.75) is 25.9 Å². The van der Waals surface area contributed by atoms with Crippen LogP contribution in [0.3, 0.4) is 0 Å². The van der Waals surface area contributed by atoms with Crippen molar-refractivity contribution < 1.29 is 4.74 Å². The Bertz CT molecular complexity index is 509. The largest absolute Gasteiger partial charge is 0.382 e. The van der Waals surface area contributed by atoms with E-state index >= 15 is 0 Å². The summed E-state index contributed by atoms with van der Waals surface area (Å²) in [7, 11) is 1.73. The number of aromatic amines is 1. The number of hydrogen-bond donors (Lipinski definition) is 2. The molecule has 2 rings (SSSR count). The van der Waals surface area contributed by atoms with Crippen molar-refractivity contribution in [3.63, 3.8) is 0 Å². The lowest BCUT2D eigenvalue weighted by molar-refractivity contribution is 0.117. The fourth-order valence-corrected chi connectivity index (χ4v) is 2.18. The van der Waals surface area contributed by atoms with Crippen molar-refractivity contribution >= 4 is 0 Å².